The minimum Gasteiger partial charge on any atom is -0.339 e. The average Bonchev–Trinajstić information content (AvgIpc) is 2.54. The third-order valence-electron chi connectivity index (χ3n) is 3.95. The Morgan fingerprint density at radius 2 is 1.62 bits per heavy atom. The van der Waals surface area contributed by atoms with Crippen molar-refractivity contribution in [1.29, 1.82) is 0 Å². The summed E-state index contributed by atoms with van der Waals surface area (Å²) in [6.45, 7) is 4.12. The van der Waals surface area contributed by atoms with Gasteiger partial charge in [-0.3, -0.25) is 4.79 Å². The van der Waals surface area contributed by atoms with Crippen LogP contribution in [0.3, 0.4) is 0 Å². The zero-order chi connectivity index (χ0) is 17.7. The first-order valence-electron chi connectivity index (χ1n) is 7.67. The smallest absolute Gasteiger partial charge is 0.317 e. The zero-order valence-electron chi connectivity index (χ0n) is 13.6. The number of benzene rings is 1. The number of sulfonamides is 1. The summed E-state index contributed by atoms with van der Waals surface area (Å²) >= 11 is 0. The van der Waals surface area contributed by atoms with Crippen molar-refractivity contribution in [1.82, 2.24) is 15.1 Å². The molecule has 0 spiro atoms. The predicted octanol–water partition coefficient (Wildman–Crippen LogP) is -0.250. The molecule has 1 aliphatic heterocycles. The molecular weight excluding hydrogens is 332 g/mol. The molecule has 8 nitrogen and oxygen atoms in total. The van der Waals surface area contributed by atoms with Crippen LogP contribution in [0.4, 0.5) is 4.79 Å². The molecule has 0 aliphatic carbocycles. The number of urea groups is 1. The lowest BCUT2D eigenvalue weighted by atomic mass is 10.1. The number of hydrogen-bond donors (Lipinski definition) is 2. The van der Waals surface area contributed by atoms with Crippen LogP contribution in [0, 0.1) is 0 Å². The first-order valence-corrected chi connectivity index (χ1v) is 9.22. The van der Waals surface area contributed by atoms with Crippen LogP contribution in [0.2, 0.25) is 0 Å². The summed E-state index contributed by atoms with van der Waals surface area (Å²) in [6.07, 6.45) is 0.587. The van der Waals surface area contributed by atoms with Crippen molar-refractivity contribution >= 4 is 22.0 Å². The van der Waals surface area contributed by atoms with E-state index in [1.807, 2.05) is 0 Å². The average molecular weight is 354 g/mol. The normalized spacial score (nSPS) is 15.2. The maximum atomic E-state index is 12.1. The van der Waals surface area contributed by atoms with Crippen LogP contribution < -0.4 is 10.5 Å². The minimum absolute atomic E-state index is 0.0259. The Bertz CT molecular complexity index is 695. The van der Waals surface area contributed by atoms with Gasteiger partial charge in [-0.25, -0.2) is 18.4 Å². The van der Waals surface area contributed by atoms with Gasteiger partial charge in [-0.2, -0.15) is 0 Å². The van der Waals surface area contributed by atoms with Crippen LogP contribution in [0.25, 0.3) is 0 Å². The van der Waals surface area contributed by atoms with Gasteiger partial charge in [-0.1, -0.05) is 12.1 Å². The van der Waals surface area contributed by atoms with Crippen LogP contribution in [0.1, 0.15) is 12.5 Å². The summed E-state index contributed by atoms with van der Waals surface area (Å²) in [5.74, 6) is 0.0259. The fourth-order valence-corrected chi connectivity index (χ4v) is 3.01. The second-order valence-electron chi connectivity index (χ2n) is 5.66. The molecule has 0 saturated carbocycles. The monoisotopic (exact) mass is 354 g/mol. The summed E-state index contributed by atoms with van der Waals surface area (Å²) in [6, 6.07) is 6.11. The fourth-order valence-electron chi connectivity index (χ4n) is 2.50. The molecule has 1 saturated heterocycles. The van der Waals surface area contributed by atoms with Gasteiger partial charge in [0.15, 0.2) is 0 Å². The highest BCUT2D eigenvalue weighted by atomic mass is 32.2. The second-order valence-corrected chi connectivity index (χ2v) is 7.23. The lowest BCUT2D eigenvalue weighted by Gasteiger charge is -2.34. The number of primary sulfonamides is 1. The van der Waals surface area contributed by atoms with Crippen LogP contribution in [-0.2, 0) is 21.2 Å². The van der Waals surface area contributed by atoms with E-state index in [0.29, 0.717) is 39.1 Å². The molecule has 0 atom stereocenters. The van der Waals surface area contributed by atoms with Crippen LogP contribution >= 0.6 is 0 Å². The Morgan fingerprint density at radius 1 is 1.08 bits per heavy atom. The summed E-state index contributed by atoms with van der Waals surface area (Å²) in [5.41, 5.74) is 0.907. The number of nitrogens with one attached hydrogen (secondary N) is 1. The molecular formula is C15H22N4O4S. The van der Waals surface area contributed by atoms with Gasteiger partial charge in [0, 0.05) is 39.6 Å². The van der Waals surface area contributed by atoms with Crippen LogP contribution in [0.5, 0.6) is 0 Å². The van der Waals surface area contributed by atoms with E-state index in [1.54, 1.807) is 21.9 Å². The molecule has 1 fully saturated rings. The molecule has 0 bridgehead atoms. The molecule has 1 aromatic carbocycles. The number of hydrogen-bond acceptors (Lipinski definition) is 4. The number of carbonyl (C=O) groups is 2. The number of nitrogens with zero attached hydrogens (tertiary/aromatic N) is 2. The molecule has 9 heteroatoms. The maximum absolute atomic E-state index is 12.1. The molecule has 0 unspecified atom stereocenters. The van der Waals surface area contributed by atoms with E-state index in [0.717, 1.165) is 5.56 Å². The van der Waals surface area contributed by atoms with Crippen molar-refractivity contribution < 1.29 is 18.0 Å². The molecule has 3 N–H and O–H groups in total. The number of amides is 3. The third kappa shape index (κ3) is 4.93. The molecule has 24 heavy (non-hydrogen) atoms. The van der Waals surface area contributed by atoms with E-state index in [-0.39, 0.29) is 16.8 Å². The van der Waals surface area contributed by atoms with Gasteiger partial charge in [0.05, 0.1) is 4.90 Å². The van der Waals surface area contributed by atoms with E-state index in [1.165, 1.54) is 19.1 Å². The summed E-state index contributed by atoms with van der Waals surface area (Å²) in [4.78, 5) is 26.8. The molecule has 1 aromatic rings. The quantitative estimate of drug-likeness (QED) is 0.776. The van der Waals surface area contributed by atoms with Crippen molar-refractivity contribution in [3.63, 3.8) is 0 Å². The Morgan fingerprint density at radius 3 is 2.12 bits per heavy atom. The van der Waals surface area contributed by atoms with Crippen molar-refractivity contribution in [3.8, 4) is 0 Å². The Labute approximate surface area is 141 Å². The second kappa shape index (κ2) is 7.63. The Balaban J connectivity index is 1.76. The highest BCUT2D eigenvalue weighted by Gasteiger charge is 2.21. The van der Waals surface area contributed by atoms with Gasteiger partial charge in [-0.05, 0) is 24.1 Å². The third-order valence-corrected chi connectivity index (χ3v) is 4.88. The zero-order valence-corrected chi connectivity index (χ0v) is 14.4. The van der Waals surface area contributed by atoms with Gasteiger partial charge >= 0.3 is 6.03 Å². The van der Waals surface area contributed by atoms with E-state index in [9.17, 15) is 18.0 Å². The summed E-state index contributed by atoms with van der Waals surface area (Å²) < 4.78 is 22.4. The number of piperazine rings is 1. The topological polar surface area (TPSA) is 113 Å². The van der Waals surface area contributed by atoms with E-state index < -0.39 is 10.0 Å². The molecule has 1 aliphatic rings. The molecule has 132 valence electrons. The van der Waals surface area contributed by atoms with Gasteiger partial charge in [0.2, 0.25) is 15.9 Å². The summed E-state index contributed by atoms with van der Waals surface area (Å²) in [7, 11) is -3.68. The molecule has 3 amide bonds. The van der Waals surface area contributed by atoms with Crippen molar-refractivity contribution in [2.24, 2.45) is 5.14 Å². The SMILES string of the molecule is CC(=O)N1CCN(C(=O)NCCc2ccc(S(N)(=O)=O)cc2)CC1. The van der Waals surface area contributed by atoms with Gasteiger partial charge in [0.1, 0.15) is 0 Å². The number of rotatable bonds is 4. The lowest BCUT2D eigenvalue weighted by molar-refractivity contribution is -0.130. The standard InChI is InChI=1S/C15H22N4O4S/c1-12(20)18-8-10-19(11-9-18)15(21)17-7-6-13-2-4-14(5-3-13)24(16,22)23/h2-5H,6-11H2,1H3,(H,17,21)(H2,16,22,23). The van der Waals surface area contributed by atoms with E-state index >= 15 is 0 Å². The van der Waals surface area contributed by atoms with Crippen molar-refractivity contribution in [2.45, 2.75) is 18.2 Å². The highest BCUT2D eigenvalue weighted by Crippen LogP contribution is 2.09. The van der Waals surface area contributed by atoms with E-state index in [4.69, 9.17) is 5.14 Å². The molecule has 0 radical (unpaired) electrons. The van der Waals surface area contributed by atoms with Crippen molar-refractivity contribution in [2.75, 3.05) is 32.7 Å². The fraction of sp³-hybridized carbons (Fsp3) is 0.467. The molecule has 2 rings (SSSR count). The van der Waals surface area contributed by atoms with Gasteiger partial charge in [0.25, 0.3) is 0 Å². The van der Waals surface area contributed by atoms with E-state index in [2.05, 4.69) is 5.32 Å². The predicted molar refractivity (Wildman–Crippen MR) is 88.7 cm³/mol. The highest BCUT2D eigenvalue weighted by molar-refractivity contribution is 7.89. The van der Waals surface area contributed by atoms with Crippen LogP contribution in [-0.4, -0.2) is 62.9 Å². The first-order chi connectivity index (χ1) is 11.3. The Hall–Kier alpha value is -2.13. The Kier molecular flexibility index (Phi) is 5.79. The minimum atomic E-state index is -3.68. The number of nitrogens with two attached hydrogens (primary N) is 1. The molecule has 1 heterocycles. The maximum Gasteiger partial charge on any atom is 0.317 e. The molecule has 0 aromatic heterocycles. The van der Waals surface area contributed by atoms with Crippen LogP contribution in [0.15, 0.2) is 29.2 Å². The summed E-state index contributed by atoms with van der Waals surface area (Å²) in [5, 5.41) is 7.87. The van der Waals surface area contributed by atoms with Gasteiger partial charge < -0.3 is 15.1 Å². The number of carbonyl (C=O) groups excluding carboxylic acids is 2. The van der Waals surface area contributed by atoms with Gasteiger partial charge in [-0.15, -0.1) is 0 Å². The lowest BCUT2D eigenvalue weighted by Crippen LogP contribution is -2.52. The van der Waals surface area contributed by atoms with Crippen molar-refractivity contribution in [3.05, 3.63) is 29.8 Å². The largest absolute Gasteiger partial charge is 0.339 e. The first kappa shape index (κ1) is 18.2.